The number of carbonyl (C=O) groups excluding carboxylic acids is 1. The number of carbonyl (C=O) groups is 1. The van der Waals surface area contributed by atoms with E-state index in [0.29, 0.717) is 29.3 Å². The van der Waals surface area contributed by atoms with Crippen LogP contribution in [0, 0.1) is 20.8 Å². The third-order valence-corrected chi connectivity index (χ3v) is 6.50. The molecule has 6 nitrogen and oxygen atoms in total. The van der Waals surface area contributed by atoms with Crippen LogP contribution in [0.2, 0.25) is 0 Å². The Balaban J connectivity index is 1.80. The number of ether oxygens (including phenoxy) is 1. The zero-order valence-corrected chi connectivity index (χ0v) is 19.1. The van der Waals surface area contributed by atoms with Crippen LogP contribution < -0.4 is 14.8 Å². The molecule has 0 bridgehead atoms. The second kappa shape index (κ2) is 9.70. The smallest absolute Gasteiger partial charge is 0.262 e. The molecule has 0 aliphatic carbocycles. The van der Waals surface area contributed by atoms with Gasteiger partial charge in [-0.05, 0) is 86.0 Å². The SMILES string of the molecule is C=CCOc1ccc(NC(=O)c2ccc(C)c(S(=O)(=O)Nc3ccc(C)c(C)c3)c2)cc1. The van der Waals surface area contributed by atoms with E-state index in [2.05, 4.69) is 16.6 Å². The van der Waals surface area contributed by atoms with Crippen molar-refractivity contribution in [3.8, 4) is 5.75 Å². The van der Waals surface area contributed by atoms with Crippen LogP contribution in [0.5, 0.6) is 5.75 Å². The second-order valence-corrected chi connectivity index (χ2v) is 9.11. The highest BCUT2D eigenvalue weighted by Crippen LogP contribution is 2.23. The van der Waals surface area contributed by atoms with Gasteiger partial charge in [-0.25, -0.2) is 8.42 Å². The summed E-state index contributed by atoms with van der Waals surface area (Å²) in [5, 5.41) is 2.77. The predicted octanol–water partition coefficient (Wildman–Crippen LogP) is 5.23. The summed E-state index contributed by atoms with van der Waals surface area (Å²) in [4.78, 5) is 12.8. The molecule has 0 fully saturated rings. The van der Waals surface area contributed by atoms with E-state index in [1.54, 1.807) is 61.5 Å². The number of hydrogen-bond acceptors (Lipinski definition) is 4. The second-order valence-electron chi connectivity index (χ2n) is 7.46. The lowest BCUT2D eigenvalue weighted by atomic mass is 10.1. The minimum Gasteiger partial charge on any atom is -0.490 e. The lowest BCUT2D eigenvalue weighted by Crippen LogP contribution is -2.17. The van der Waals surface area contributed by atoms with Crippen molar-refractivity contribution in [2.45, 2.75) is 25.7 Å². The molecule has 3 rings (SSSR count). The highest BCUT2D eigenvalue weighted by molar-refractivity contribution is 7.92. The number of amides is 1. The van der Waals surface area contributed by atoms with E-state index in [0.717, 1.165) is 11.1 Å². The Kier molecular flexibility index (Phi) is 7.00. The van der Waals surface area contributed by atoms with Crippen molar-refractivity contribution in [1.29, 1.82) is 0 Å². The Bertz CT molecular complexity index is 1250. The summed E-state index contributed by atoms with van der Waals surface area (Å²) in [6.07, 6.45) is 1.65. The zero-order chi connectivity index (χ0) is 23.3. The molecule has 3 aromatic carbocycles. The summed E-state index contributed by atoms with van der Waals surface area (Å²) in [5.74, 6) is 0.247. The molecule has 0 aliphatic rings. The number of aryl methyl sites for hydroxylation is 3. The predicted molar refractivity (Wildman–Crippen MR) is 128 cm³/mol. The van der Waals surface area contributed by atoms with Gasteiger partial charge in [0.05, 0.1) is 4.90 Å². The first kappa shape index (κ1) is 23.1. The molecule has 0 atom stereocenters. The van der Waals surface area contributed by atoms with Gasteiger partial charge in [-0.15, -0.1) is 0 Å². The van der Waals surface area contributed by atoms with Gasteiger partial charge >= 0.3 is 0 Å². The van der Waals surface area contributed by atoms with Crippen molar-refractivity contribution in [3.63, 3.8) is 0 Å². The first-order chi connectivity index (χ1) is 15.2. The third kappa shape index (κ3) is 5.56. The van der Waals surface area contributed by atoms with Crippen molar-refractivity contribution in [2.75, 3.05) is 16.6 Å². The van der Waals surface area contributed by atoms with Crippen LogP contribution in [0.25, 0.3) is 0 Å². The number of nitrogens with one attached hydrogen (secondary N) is 2. The number of anilines is 2. The molecule has 2 N–H and O–H groups in total. The molecule has 166 valence electrons. The largest absolute Gasteiger partial charge is 0.490 e. The molecule has 3 aromatic rings. The summed E-state index contributed by atoms with van der Waals surface area (Å²) in [7, 11) is -3.87. The Morgan fingerprint density at radius 1 is 0.906 bits per heavy atom. The molecule has 0 aliphatic heterocycles. The summed E-state index contributed by atoms with van der Waals surface area (Å²) in [6.45, 7) is 9.56. The minimum atomic E-state index is -3.87. The molecule has 0 radical (unpaired) electrons. The Labute approximate surface area is 189 Å². The molecule has 0 saturated heterocycles. The molecule has 0 heterocycles. The maximum Gasteiger partial charge on any atom is 0.262 e. The van der Waals surface area contributed by atoms with Crippen LogP contribution in [-0.4, -0.2) is 20.9 Å². The van der Waals surface area contributed by atoms with Crippen molar-refractivity contribution in [3.05, 3.63) is 95.6 Å². The number of benzene rings is 3. The molecule has 7 heteroatoms. The number of sulfonamides is 1. The fourth-order valence-corrected chi connectivity index (χ4v) is 4.36. The van der Waals surface area contributed by atoms with Gasteiger partial charge in [-0.2, -0.15) is 0 Å². The van der Waals surface area contributed by atoms with Crippen LogP contribution in [0.3, 0.4) is 0 Å². The number of hydrogen-bond donors (Lipinski definition) is 2. The highest BCUT2D eigenvalue weighted by Gasteiger charge is 2.20. The van der Waals surface area contributed by atoms with Crippen molar-refractivity contribution >= 4 is 27.3 Å². The summed E-state index contributed by atoms with van der Waals surface area (Å²) in [6, 6.07) is 16.8. The Morgan fingerprint density at radius 2 is 1.56 bits per heavy atom. The molecule has 32 heavy (non-hydrogen) atoms. The summed E-state index contributed by atoms with van der Waals surface area (Å²) in [5.41, 5.74) is 3.88. The third-order valence-electron chi connectivity index (χ3n) is 4.98. The van der Waals surface area contributed by atoms with Crippen LogP contribution in [-0.2, 0) is 10.0 Å². The van der Waals surface area contributed by atoms with Gasteiger partial charge in [0, 0.05) is 16.9 Å². The summed E-state index contributed by atoms with van der Waals surface area (Å²) >= 11 is 0. The van der Waals surface area contributed by atoms with E-state index in [1.807, 2.05) is 19.9 Å². The monoisotopic (exact) mass is 450 g/mol. The van der Waals surface area contributed by atoms with E-state index in [1.165, 1.54) is 6.07 Å². The molecule has 0 aromatic heterocycles. The van der Waals surface area contributed by atoms with Gasteiger partial charge in [0.25, 0.3) is 15.9 Å². The van der Waals surface area contributed by atoms with E-state index in [4.69, 9.17) is 4.74 Å². The number of rotatable bonds is 8. The minimum absolute atomic E-state index is 0.0524. The standard InChI is InChI=1S/C25H26N2O4S/c1-5-14-31-23-12-10-21(11-13-23)26-25(28)20-8-6-18(3)24(16-20)32(29,30)27-22-9-7-17(2)19(4)15-22/h5-13,15-16,27H,1,14H2,2-4H3,(H,26,28). The fraction of sp³-hybridized carbons (Fsp3) is 0.160. The average Bonchev–Trinajstić information content (AvgIpc) is 2.75. The van der Waals surface area contributed by atoms with E-state index in [-0.39, 0.29) is 10.5 Å². The molecule has 1 amide bonds. The molecule has 0 unspecified atom stereocenters. The Morgan fingerprint density at radius 3 is 2.22 bits per heavy atom. The molecule has 0 spiro atoms. The van der Waals surface area contributed by atoms with Crippen LogP contribution >= 0.6 is 0 Å². The molecular weight excluding hydrogens is 424 g/mol. The van der Waals surface area contributed by atoms with Gasteiger partial charge in [-0.1, -0.05) is 24.8 Å². The summed E-state index contributed by atoms with van der Waals surface area (Å²) < 4.78 is 34.0. The van der Waals surface area contributed by atoms with E-state index < -0.39 is 15.9 Å². The topological polar surface area (TPSA) is 84.5 Å². The lowest BCUT2D eigenvalue weighted by Gasteiger charge is -2.13. The van der Waals surface area contributed by atoms with Crippen molar-refractivity contribution in [2.24, 2.45) is 0 Å². The fourth-order valence-electron chi connectivity index (χ4n) is 3.04. The first-order valence-corrected chi connectivity index (χ1v) is 11.5. The van der Waals surface area contributed by atoms with Crippen LogP contribution in [0.15, 0.2) is 78.2 Å². The zero-order valence-electron chi connectivity index (χ0n) is 18.3. The molecule has 0 saturated carbocycles. The Hall–Kier alpha value is -3.58. The van der Waals surface area contributed by atoms with E-state index in [9.17, 15) is 13.2 Å². The quantitative estimate of drug-likeness (QED) is 0.460. The van der Waals surface area contributed by atoms with Crippen LogP contribution in [0.4, 0.5) is 11.4 Å². The van der Waals surface area contributed by atoms with Crippen molar-refractivity contribution < 1.29 is 17.9 Å². The van der Waals surface area contributed by atoms with Gasteiger partial charge in [0.15, 0.2) is 0 Å². The first-order valence-electron chi connectivity index (χ1n) is 10.1. The van der Waals surface area contributed by atoms with Gasteiger partial charge in [0.1, 0.15) is 12.4 Å². The van der Waals surface area contributed by atoms with Crippen LogP contribution in [0.1, 0.15) is 27.0 Å². The maximum absolute atomic E-state index is 13.0. The van der Waals surface area contributed by atoms with Gasteiger partial charge in [0.2, 0.25) is 0 Å². The van der Waals surface area contributed by atoms with Gasteiger partial charge < -0.3 is 10.1 Å². The van der Waals surface area contributed by atoms with Crippen molar-refractivity contribution in [1.82, 2.24) is 0 Å². The maximum atomic E-state index is 13.0. The molecular formula is C25H26N2O4S. The van der Waals surface area contributed by atoms with Gasteiger partial charge in [-0.3, -0.25) is 9.52 Å². The average molecular weight is 451 g/mol. The highest BCUT2D eigenvalue weighted by atomic mass is 32.2. The normalized spacial score (nSPS) is 11.0. The lowest BCUT2D eigenvalue weighted by molar-refractivity contribution is 0.102. The van der Waals surface area contributed by atoms with E-state index >= 15 is 0 Å².